The predicted octanol–water partition coefficient (Wildman–Crippen LogP) is 1.50. The predicted molar refractivity (Wildman–Crippen MR) is 54.5 cm³/mol. The van der Waals surface area contributed by atoms with E-state index in [1.54, 1.807) is 6.07 Å². The van der Waals surface area contributed by atoms with Gasteiger partial charge in [0.2, 0.25) is 12.0 Å². The van der Waals surface area contributed by atoms with Gasteiger partial charge in [-0.05, 0) is 11.6 Å². The van der Waals surface area contributed by atoms with E-state index in [-0.39, 0.29) is 12.4 Å². The van der Waals surface area contributed by atoms with Crippen molar-refractivity contribution in [2.75, 3.05) is 13.7 Å². The van der Waals surface area contributed by atoms with E-state index in [0.29, 0.717) is 5.56 Å². The van der Waals surface area contributed by atoms with Crippen LogP contribution in [-0.4, -0.2) is 31.0 Å². The Morgan fingerprint density at radius 3 is 2.71 bits per heavy atom. The quantitative estimate of drug-likeness (QED) is 0.860. The summed E-state index contributed by atoms with van der Waals surface area (Å²) in [5.41, 5.74) is 6.01. The molecule has 0 fully saturated rings. The zero-order chi connectivity index (χ0) is 12.9. The van der Waals surface area contributed by atoms with E-state index in [1.807, 2.05) is 0 Å². The van der Waals surface area contributed by atoms with Gasteiger partial charge in [-0.3, -0.25) is 0 Å². The number of methoxy groups -OCH3 is 1. The van der Waals surface area contributed by atoms with Gasteiger partial charge in [-0.2, -0.15) is 13.2 Å². The Bertz CT molecular complexity index is 358. The van der Waals surface area contributed by atoms with Crippen molar-refractivity contribution in [3.05, 3.63) is 23.9 Å². The zero-order valence-electron chi connectivity index (χ0n) is 9.20. The number of hydrogen-bond donors (Lipinski definition) is 1. The Kier molecular flexibility index (Phi) is 4.71. The number of halogens is 3. The van der Waals surface area contributed by atoms with Gasteiger partial charge < -0.3 is 15.2 Å². The second kappa shape index (κ2) is 5.83. The van der Waals surface area contributed by atoms with Gasteiger partial charge in [0.1, 0.15) is 0 Å². The van der Waals surface area contributed by atoms with Crippen LogP contribution in [0.5, 0.6) is 5.88 Å². The first-order valence-corrected chi connectivity index (χ1v) is 4.84. The molecule has 0 aliphatic carbocycles. The Hall–Kier alpha value is -1.34. The van der Waals surface area contributed by atoms with Crippen molar-refractivity contribution >= 4 is 0 Å². The lowest BCUT2D eigenvalue weighted by molar-refractivity contribution is -0.207. The highest BCUT2D eigenvalue weighted by molar-refractivity contribution is 5.20. The summed E-state index contributed by atoms with van der Waals surface area (Å²) < 4.78 is 46.8. The molecule has 0 radical (unpaired) electrons. The lowest BCUT2D eigenvalue weighted by atomic mass is 10.3. The third-order valence-corrected chi connectivity index (χ3v) is 1.98. The second-order valence-electron chi connectivity index (χ2n) is 3.31. The first kappa shape index (κ1) is 13.7. The van der Waals surface area contributed by atoms with Crippen LogP contribution in [0.25, 0.3) is 0 Å². The minimum atomic E-state index is -4.50. The number of alkyl halides is 3. The Morgan fingerprint density at radius 2 is 2.18 bits per heavy atom. The lowest BCUT2D eigenvalue weighted by Crippen LogP contribution is -2.38. The van der Waals surface area contributed by atoms with Crippen LogP contribution in [0.1, 0.15) is 5.56 Å². The minimum absolute atomic E-state index is 0.118. The summed E-state index contributed by atoms with van der Waals surface area (Å²) in [6.45, 7) is -0.377. The van der Waals surface area contributed by atoms with E-state index >= 15 is 0 Å². The molecule has 1 atom stereocenters. The smallest absolute Gasteiger partial charge is 0.427 e. The molecule has 0 saturated carbocycles. The van der Waals surface area contributed by atoms with Crippen LogP contribution in [0, 0.1) is 0 Å². The average molecular weight is 250 g/mol. The average Bonchev–Trinajstić information content (AvgIpc) is 2.27. The fourth-order valence-corrected chi connectivity index (χ4v) is 1.13. The summed E-state index contributed by atoms with van der Waals surface area (Å²) in [5.74, 6) is -0.118. The van der Waals surface area contributed by atoms with Gasteiger partial charge >= 0.3 is 6.18 Å². The highest BCUT2D eigenvalue weighted by Gasteiger charge is 2.42. The van der Waals surface area contributed by atoms with Gasteiger partial charge in [-0.25, -0.2) is 4.98 Å². The van der Waals surface area contributed by atoms with Crippen molar-refractivity contribution in [1.29, 1.82) is 0 Å². The fraction of sp³-hybridized carbons (Fsp3) is 0.500. The van der Waals surface area contributed by atoms with Gasteiger partial charge in [-0.1, -0.05) is 0 Å². The number of nitrogens with zero attached hydrogens (tertiary/aromatic N) is 1. The van der Waals surface area contributed by atoms with Gasteiger partial charge in [0.15, 0.2) is 0 Å². The van der Waals surface area contributed by atoms with E-state index in [9.17, 15) is 13.2 Å². The van der Waals surface area contributed by atoms with Crippen molar-refractivity contribution < 1.29 is 22.6 Å². The van der Waals surface area contributed by atoms with E-state index < -0.39 is 18.9 Å². The summed E-state index contributed by atoms with van der Waals surface area (Å²) in [5, 5.41) is 0. The molecule has 0 spiro atoms. The van der Waals surface area contributed by atoms with E-state index in [2.05, 4.69) is 9.72 Å². The lowest BCUT2D eigenvalue weighted by Gasteiger charge is -2.20. The summed E-state index contributed by atoms with van der Waals surface area (Å²) in [4.78, 5) is 3.69. The van der Waals surface area contributed by atoms with E-state index in [1.165, 1.54) is 19.4 Å². The van der Waals surface area contributed by atoms with Crippen LogP contribution in [-0.2, 0) is 11.3 Å². The molecular formula is C10H13F3N2O2. The maximum Gasteiger partial charge on any atom is 0.427 e. The first-order chi connectivity index (χ1) is 7.97. The number of aromatic nitrogens is 1. The molecule has 1 aromatic rings. The molecule has 0 aliphatic rings. The summed E-state index contributed by atoms with van der Waals surface area (Å²) in [6, 6.07) is 2.97. The molecule has 17 heavy (non-hydrogen) atoms. The highest BCUT2D eigenvalue weighted by atomic mass is 19.4. The second-order valence-corrected chi connectivity index (χ2v) is 3.31. The molecule has 1 heterocycles. The van der Waals surface area contributed by atoms with E-state index in [4.69, 9.17) is 10.5 Å². The van der Waals surface area contributed by atoms with Crippen LogP contribution in [0.3, 0.4) is 0 Å². The van der Waals surface area contributed by atoms with Crippen LogP contribution in [0.4, 0.5) is 13.2 Å². The third-order valence-electron chi connectivity index (χ3n) is 1.98. The molecule has 96 valence electrons. The number of pyridine rings is 1. The Labute approximate surface area is 96.5 Å². The van der Waals surface area contributed by atoms with Gasteiger partial charge in [-0.15, -0.1) is 0 Å². The van der Waals surface area contributed by atoms with Gasteiger partial charge in [0, 0.05) is 25.9 Å². The maximum absolute atomic E-state index is 12.5. The van der Waals surface area contributed by atoms with Gasteiger partial charge in [0.25, 0.3) is 0 Å². The molecule has 2 N–H and O–H groups in total. The van der Waals surface area contributed by atoms with Crippen molar-refractivity contribution in [2.45, 2.75) is 18.8 Å². The molecule has 1 rings (SSSR count). The zero-order valence-corrected chi connectivity index (χ0v) is 9.20. The largest absolute Gasteiger partial charge is 0.462 e. The van der Waals surface area contributed by atoms with Crippen molar-refractivity contribution in [1.82, 2.24) is 4.98 Å². The molecule has 4 nitrogen and oxygen atoms in total. The maximum atomic E-state index is 12.5. The highest BCUT2D eigenvalue weighted by Crippen LogP contribution is 2.24. The Morgan fingerprint density at radius 1 is 1.47 bits per heavy atom. The molecular weight excluding hydrogens is 237 g/mol. The normalized spacial score (nSPS) is 13.5. The molecule has 0 saturated heterocycles. The van der Waals surface area contributed by atoms with Crippen molar-refractivity contribution in [3.8, 4) is 5.88 Å². The van der Waals surface area contributed by atoms with Crippen LogP contribution >= 0.6 is 0 Å². The number of nitrogens with two attached hydrogens (primary N) is 1. The Balaban J connectivity index is 2.78. The number of ether oxygens (including phenoxy) is 2. The SMILES string of the molecule is COCC(Oc1cc(CN)ccn1)C(F)(F)F. The van der Waals surface area contributed by atoms with Crippen molar-refractivity contribution in [3.63, 3.8) is 0 Å². The molecule has 0 aromatic carbocycles. The minimum Gasteiger partial charge on any atom is -0.462 e. The van der Waals surface area contributed by atoms with Crippen molar-refractivity contribution in [2.24, 2.45) is 5.73 Å². The number of rotatable bonds is 5. The molecule has 7 heteroatoms. The molecule has 0 bridgehead atoms. The standard InChI is InChI=1S/C10H13F3N2O2/c1-16-6-8(10(11,12)13)17-9-4-7(5-14)2-3-15-9/h2-4,8H,5-6,14H2,1H3. The van der Waals surface area contributed by atoms with Crippen LogP contribution < -0.4 is 10.5 Å². The topological polar surface area (TPSA) is 57.4 Å². The van der Waals surface area contributed by atoms with Crippen LogP contribution in [0.15, 0.2) is 18.3 Å². The number of hydrogen-bond acceptors (Lipinski definition) is 4. The fourth-order valence-electron chi connectivity index (χ4n) is 1.13. The van der Waals surface area contributed by atoms with E-state index in [0.717, 1.165) is 0 Å². The van der Waals surface area contributed by atoms with Gasteiger partial charge in [0.05, 0.1) is 6.61 Å². The summed E-state index contributed by atoms with van der Waals surface area (Å²) in [7, 11) is 1.17. The molecule has 0 aliphatic heterocycles. The third kappa shape index (κ3) is 4.20. The van der Waals surface area contributed by atoms with Crippen LogP contribution in [0.2, 0.25) is 0 Å². The summed E-state index contributed by atoms with van der Waals surface area (Å²) >= 11 is 0. The molecule has 1 unspecified atom stereocenters. The first-order valence-electron chi connectivity index (χ1n) is 4.84. The molecule has 0 amide bonds. The monoisotopic (exact) mass is 250 g/mol. The summed E-state index contributed by atoms with van der Waals surface area (Å²) in [6.07, 6.45) is -5.19. The molecule has 1 aromatic heterocycles.